The number of hydrogen-bond donors (Lipinski definition) is 4. The van der Waals surface area contributed by atoms with Gasteiger partial charge in [-0.2, -0.15) is 0 Å². The molecule has 0 radical (unpaired) electrons. The van der Waals surface area contributed by atoms with E-state index in [1.54, 1.807) is 79.5 Å². The number of carbonyl (C=O) groups excluding carboxylic acids is 6. The number of nitrogens with zero attached hydrogens (tertiary/aromatic N) is 4. The molecule has 0 aliphatic carbocycles. The molecule has 0 spiro atoms. The van der Waals surface area contributed by atoms with Gasteiger partial charge in [-0.1, -0.05) is 60.7 Å². The molecule has 428 valence electrons. The summed E-state index contributed by atoms with van der Waals surface area (Å²) in [5, 5.41) is 11.0. The number of amides is 6. The van der Waals surface area contributed by atoms with Gasteiger partial charge in [-0.25, -0.2) is 0 Å². The van der Waals surface area contributed by atoms with E-state index in [4.69, 9.17) is 37.9 Å². The predicted octanol–water partition coefficient (Wildman–Crippen LogP) is 5.08. The van der Waals surface area contributed by atoms with Crippen molar-refractivity contribution < 1.29 is 66.7 Å². The largest absolute Gasteiger partial charge is 0.493 e. The first-order valence-electron chi connectivity index (χ1n) is 26.4. The zero-order valence-corrected chi connectivity index (χ0v) is 47.9. The number of methoxy groups -OCH3 is 2. The summed E-state index contributed by atoms with van der Waals surface area (Å²) in [5.74, 6) is -0.321. The van der Waals surface area contributed by atoms with Gasteiger partial charge in [0.1, 0.15) is 12.1 Å². The van der Waals surface area contributed by atoms with Gasteiger partial charge in [-0.3, -0.25) is 38.8 Å². The molecule has 4 aliphatic heterocycles. The third kappa shape index (κ3) is 18.2. The summed E-state index contributed by atoms with van der Waals surface area (Å²) >= 11 is 2.00. The number of hydrogen-bond acceptors (Lipinski definition) is 16. The van der Waals surface area contributed by atoms with Crippen molar-refractivity contribution in [3.8, 4) is 23.0 Å². The molecule has 0 aromatic heterocycles. The minimum atomic E-state index is -0.888. The monoisotopic (exact) mass is 1210 g/mol. The Balaban J connectivity index is 0.873. The molecule has 23 heteroatoms. The molecular formula is C56H73IN8O14. The van der Waals surface area contributed by atoms with E-state index in [1.807, 2.05) is 53.9 Å². The molecule has 0 saturated carbocycles. The third-order valence-electron chi connectivity index (χ3n) is 12.7. The molecule has 79 heavy (non-hydrogen) atoms. The average molecular weight is 1210 g/mol. The van der Waals surface area contributed by atoms with Crippen molar-refractivity contribution in [3.05, 3.63) is 83.2 Å². The molecule has 0 unspecified atom stereocenters. The Labute approximate surface area is 474 Å². The van der Waals surface area contributed by atoms with E-state index >= 15 is 0 Å². The number of rotatable bonds is 33. The molecule has 22 nitrogen and oxygen atoms in total. The van der Waals surface area contributed by atoms with Crippen LogP contribution in [0.25, 0.3) is 0 Å². The van der Waals surface area contributed by atoms with Crippen molar-refractivity contribution in [2.24, 2.45) is 15.9 Å². The zero-order valence-electron chi connectivity index (χ0n) is 45.7. The van der Waals surface area contributed by atoms with Crippen LogP contribution in [0, 0.1) is 5.92 Å². The Kier molecular flexibility index (Phi) is 24.8. The molecular weight excluding hydrogens is 1140 g/mol. The van der Waals surface area contributed by atoms with Gasteiger partial charge in [0.15, 0.2) is 23.0 Å². The van der Waals surface area contributed by atoms with E-state index in [0.29, 0.717) is 115 Å². The smallest absolute Gasteiger partial charge is 0.260 e. The van der Waals surface area contributed by atoms with Gasteiger partial charge in [0.2, 0.25) is 23.6 Å². The SMILES string of the molecule is CC=CC1=CN2C(=O)c3cc(OC)c(OCCCOc4cc5c(cc4OC)C(=O)N4C=C(C=CCNC(=O)[C@H](C)NC(=O)[C@@H](NC(=O)CCOCCOCCOCCOCCNC(=O)CI)C(C)C)C[C@H]4C=N5)cc3N=C[C@@H]2C1. The Bertz CT molecular complexity index is 2650. The van der Waals surface area contributed by atoms with Crippen LogP contribution in [0.3, 0.4) is 0 Å². The first-order chi connectivity index (χ1) is 38.2. The highest BCUT2D eigenvalue weighted by Gasteiger charge is 2.34. The van der Waals surface area contributed by atoms with Gasteiger partial charge in [0.05, 0.1) is 119 Å². The van der Waals surface area contributed by atoms with Crippen LogP contribution in [-0.2, 0) is 38.1 Å². The molecule has 4 aliphatic rings. The van der Waals surface area contributed by atoms with E-state index in [9.17, 15) is 28.8 Å². The molecule has 6 amide bonds. The Morgan fingerprint density at radius 1 is 0.658 bits per heavy atom. The van der Waals surface area contributed by atoms with Crippen LogP contribution in [0.4, 0.5) is 11.4 Å². The number of halogens is 1. The maximum Gasteiger partial charge on any atom is 0.260 e. The average Bonchev–Trinajstić information content (AvgIpc) is 4.07. The minimum absolute atomic E-state index is 0.0271. The van der Waals surface area contributed by atoms with Crippen molar-refractivity contribution in [1.29, 1.82) is 0 Å². The second kappa shape index (κ2) is 31.8. The topological polar surface area (TPSA) is 256 Å². The standard InChI is InChI=1S/C56H73IN8O14/c1-7-10-38-25-40-32-60-44-29-48(46(72-5)27-42(44)55(70)64(40)34-38)78-15-9-16-79-49-30-45-43(28-47(49)73-6)56(71)65-35-39(26-41(65)33-61-45)11-8-13-59-53(68)37(4)62-54(69)52(36(2)3)63-50(66)12-17-74-19-21-76-23-24-77-22-20-75-18-14-58-51(67)31-57/h7-8,10-11,27-30,32-37,40-41,52H,9,12-26,31H2,1-6H3,(H,58,67)(H,59,68)(H,62,69)(H,63,66)/t37-,40-,41-,52-/m0/s1. The molecule has 0 saturated heterocycles. The fourth-order valence-corrected chi connectivity index (χ4v) is 8.85. The lowest BCUT2D eigenvalue weighted by Crippen LogP contribution is -2.54. The van der Waals surface area contributed by atoms with Crippen LogP contribution in [0.15, 0.2) is 82.1 Å². The molecule has 2 aromatic carbocycles. The second-order valence-corrected chi connectivity index (χ2v) is 19.6. The van der Waals surface area contributed by atoms with Crippen LogP contribution in [-0.4, -0.2) is 180 Å². The van der Waals surface area contributed by atoms with E-state index in [1.165, 1.54) is 14.2 Å². The summed E-state index contributed by atoms with van der Waals surface area (Å²) in [6, 6.07) is 4.43. The molecule has 4 N–H and O–H groups in total. The summed E-state index contributed by atoms with van der Waals surface area (Å²) in [5.41, 5.74) is 3.62. The molecule has 4 heterocycles. The van der Waals surface area contributed by atoms with Gasteiger partial charge in [-0.15, -0.1) is 0 Å². The minimum Gasteiger partial charge on any atom is -0.493 e. The van der Waals surface area contributed by atoms with Gasteiger partial charge in [-0.05, 0) is 55.9 Å². The predicted molar refractivity (Wildman–Crippen MR) is 304 cm³/mol. The fourth-order valence-electron chi connectivity index (χ4n) is 8.58. The highest BCUT2D eigenvalue weighted by atomic mass is 127. The Morgan fingerprint density at radius 2 is 1.18 bits per heavy atom. The zero-order chi connectivity index (χ0) is 56.7. The maximum atomic E-state index is 13.9. The summed E-state index contributed by atoms with van der Waals surface area (Å²) in [7, 11) is 3.02. The lowest BCUT2D eigenvalue weighted by Gasteiger charge is -2.23. The molecule has 4 atom stereocenters. The number of ether oxygens (including phenoxy) is 8. The summed E-state index contributed by atoms with van der Waals surface area (Å²) in [4.78, 5) is 90.2. The van der Waals surface area contributed by atoms with Crippen molar-refractivity contribution in [3.63, 3.8) is 0 Å². The lowest BCUT2D eigenvalue weighted by atomic mass is 10.0. The normalized spacial score (nSPS) is 17.1. The first kappa shape index (κ1) is 61.5. The molecule has 0 bridgehead atoms. The molecule has 6 rings (SSSR count). The lowest BCUT2D eigenvalue weighted by molar-refractivity contribution is -0.133. The number of allylic oxidation sites excluding steroid dienone is 3. The van der Waals surface area contributed by atoms with Crippen molar-refractivity contribution in [2.75, 3.05) is 97.8 Å². The number of alkyl halides is 1. The van der Waals surface area contributed by atoms with E-state index in [2.05, 4.69) is 31.3 Å². The highest BCUT2D eigenvalue weighted by Crippen LogP contribution is 2.40. The second-order valence-electron chi connectivity index (χ2n) is 18.9. The van der Waals surface area contributed by atoms with Crippen LogP contribution in [0.5, 0.6) is 23.0 Å². The third-order valence-corrected chi connectivity index (χ3v) is 13.4. The van der Waals surface area contributed by atoms with Crippen molar-refractivity contribution in [2.45, 2.75) is 77.5 Å². The number of benzene rings is 2. The first-order valence-corrected chi connectivity index (χ1v) is 27.9. The van der Waals surface area contributed by atoms with Gasteiger partial charge >= 0.3 is 0 Å². The number of aliphatic imine (C=N–C) groups is 2. The van der Waals surface area contributed by atoms with Crippen LogP contribution < -0.4 is 40.2 Å². The number of nitrogens with one attached hydrogen (secondary N) is 4. The van der Waals surface area contributed by atoms with Crippen LogP contribution in [0.1, 0.15) is 74.1 Å². The Hall–Kier alpha value is -6.67. The number of fused-ring (bicyclic) bond motifs is 4. The summed E-state index contributed by atoms with van der Waals surface area (Å²) in [6.45, 7) is 11.0. The fraction of sp³-hybridized carbons (Fsp3) is 0.500. The van der Waals surface area contributed by atoms with Gasteiger partial charge in [0.25, 0.3) is 11.8 Å². The molecule has 0 fully saturated rings. The van der Waals surface area contributed by atoms with Crippen LogP contribution >= 0.6 is 22.6 Å². The Morgan fingerprint density at radius 3 is 1.68 bits per heavy atom. The number of carbonyl (C=O) groups is 6. The summed E-state index contributed by atoms with van der Waals surface area (Å²) in [6.07, 6.45) is 16.4. The van der Waals surface area contributed by atoms with Crippen molar-refractivity contribution in [1.82, 2.24) is 31.1 Å². The van der Waals surface area contributed by atoms with E-state index < -0.39 is 23.9 Å². The van der Waals surface area contributed by atoms with Gasteiger partial charge < -0.3 is 69.0 Å². The van der Waals surface area contributed by atoms with Crippen molar-refractivity contribution >= 4 is 81.8 Å². The quantitative estimate of drug-likeness (QED) is 0.0413. The van der Waals surface area contributed by atoms with Gasteiger partial charge in [0, 0.05) is 62.9 Å². The van der Waals surface area contributed by atoms with E-state index in [-0.39, 0.29) is 81.0 Å². The molecule has 2 aromatic rings. The summed E-state index contributed by atoms with van der Waals surface area (Å²) < 4.78 is 45.7. The highest BCUT2D eigenvalue weighted by molar-refractivity contribution is 14.1. The van der Waals surface area contributed by atoms with Crippen LogP contribution in [0.2, 0.25) is 0 Å². The maximum absolute atomic E-state index is 13.9. The van der Waals surface area contributed by atoms with E-state index in [0.717, 1.165) is 11.1 Å².